The molecule has 1 aromatic heterocycles. The molecular weight excluding hydrogens is 296 g/mol. The number of thioether (sulfide) groups is 1. The summed E-state index contributed by atoms with van der Waals surface area (Å²) in [7, 11) is 0. The Morgan fingerprint density at radius 3 is 2.91 bits per heavy atom. The number of hydrogen-bond acceptors (Lipinski definition) is 5. The molecular formula is C16H24N4OS. The van der Waals surface area contributed by atoms with E-state index in [1.807, 2.05) is 43.1 Å². The van der Waals surface area contributed by atoms with Crippen molar-refractivity contribution in [2.45, 2.75) is 25.4 Å². The van der Waals surface area contributed by atoms with Gasteiger partial charge in [0, 0.05) is 49.9 Å². The first-order chi connectivity index (χ1) is 10.7. The smallest absolute Gasteiger partial charge is 0.237 e. The van der Waals surface area contributed by atoms with Gasteiger partial charge in [-0.1, -0.05) is 6.07 Å². The van der Waals surface area contributed by atoms with Crippen LogP contribution in [-0.2, 0) is 4.79 Å². The minimum Gasteiger partial charge on any atom is -0.354 e. The number of pyridine rings is 1. The van der Waals surface area contributed by atoms with E-state index >= 15 is 0 Å². The molecule has 22 heavy (non-hydrogen) atoms. The molecule has 0 aliphatic carbocycles. The number of rotatable bonds is 4. The van der Waals surface area contributed by atoms with Gasteiger partial charge in [0.2, 0.25) is 5.91 Å². The van der Waals surface area contributed by atoms with E-state index in [0.29, 0.717) is 0 Å². The number of carbonyl (C=O) groups excluding carboxylic acids is 1. The van der Waals surface area contributed by atoms with Crippen LogP contribution in [0.4, 0.5) is 5.82 Å². The predicted molar refractivity (Wildman–Crippen MR) is 91.4 cm³/mol. The lowest BCUT2D eigenvalue weighted by atomic mass is 10.2. The number of hydrogen-bond donors (Lipinski definition) is 1. The Labute approximate surface area is 136 Å². The van der Waals surface area contributed by atoms with Crippen molar-refractivity contribution in [1.29, 1.82) is 0 Å². The number of carbonyl (C=O) groups is 1. The maximum Gasteiger partial charge on any atom is 0.237 e. The highest BCUT2D eigenvalue weighted by atomic mass is 32.2. The van der Waals surface area contributed by atoms with Crippen LogP contribution >= 0.6 is 11.8 Å². The molecule has 3 heterocycles. The van der Waals surface area contributed by atoms with Crippen LogP contribution in [0.2, 0.25) is 0 Å². The van der Waals surface area contributed by atoms with Gasteiger partial charge in [-0.15, -0.1) is 0 Å². The summed E-state index contributed by atoms with van der Waals surface area (Å²) in [5, 5.41) is 3.22. The zero-order chi connectivity index (χ0) is 15.4. The van der Waals surface area contributed by atoms with Crippen LogP contribution in [0.5, 0.6) is 0 Å². The van der Waals surface area contributed by atoms with Gasteiger partial charge in [-0.2, -0.15) is 11.8 Å². The summed E-state index contributed by atoms with van der Waals surface area (Å²) in [4.78, 5) is 21.4. The third kappa shape index (κ3) is 3.73. The molecule has 5 nitrogen and oxygen atoms in total. The number of anilines is 1. The molecule has 2 aliphatic heterocycles. The van der Waals surface area contributed by atoms with Crippen LogP contribution in [0, 0.1) is 0 Å². The molecule has 0 unspecified atom stereocenters. The fourth-order valence-corrected chi connectivity index (χ4v) is 4.01. The zero-order valence-corrected chi connectivity index (χ0v) is 13.9. The lowest BCUT2D eigenvalue weighted by molar-refractivity contribution is -0.126. The van der Waals surface area contributed by atoms with Crippen LogP contribution in [0.15, 0.2) is 24.4 Å². The number of aromatic nitrogens is 1. The highest BCUT2D eigenvalue weighted by Crippen LogP contribution is 2.18. The minimum absolute atomic E-state index is 0.0233. The Morgan fingerprint density at radius 2 is 2.18 bits per heavy atom. The molecule has 2 atom stereocenters. The van der Waals surface area contributed by atoms with Gasteiger partial charge in [-0.25, -0.2) is 4.98 Å². The molecule has 0 radical (unpaired) electrons. The van der Waals surface area contributed by atoms with E-state index < -0.39 is 0 Å². The lowest BCUT2D eigenvalue weighted by Crippen LogP contribution is -2.51. The molecule has 0 bridgehead atoms. The first kappa shape index (κ1) is 15.6. The third-order valence-electron chi connectivity index (χ3n) is 4.48. The van der Waals surface area contributed by atoms with Gasteiger partial charge in [0.25, 0.3) is 0 Å². The molecule has 2 saturated heterocycles. The standard InChI is InChI=1S/C16H24N4OS/c1-13(19-8-10-22-11-9-19)16(21)18-14-5-7-20(12-14)15-4-2-3-6-17-15/h2-4,6,13-14H,5,7-12H2,1H3,(H,18,21)/t13-,14+/m1/s1. The topological polar surface area (TPSA) is 48.5 Å². The summed E-state index contributed by atoms with van der Waals surface area (Å²) in [5.41, 5.74) is 0. The SMILES string of the molecule is C[C@H](C(=O)N[C@H]1CCN(c2ccccn2)C1)N1CCSCC1. The molecule has 2 fully saturated rings. The Hall–Kier alpha value is -1.27. The number of nitrogens with zero attached hydrogens (tertiary/aromatic N) is 3. The number of amides is 1. The normalized spacial score (nSPS) is 24.2. The van der Waals surface area contributed by atoms with E-state index in [-0.39, 0.29) is 18.0 Å². The van der Waals surface area contributed by atoms with Crippen molar-refractivity contribution < 1.29 is 4.79 Å². The fourth-order valence-electron chi connectivity index (χ4n) is 3.08. The minimum atomic E-state index is -0.0233. The molecule has 1 aromatic rings. The molecule has 0 spiro atoms. The van der Waals surface area contributed by atoms with Gasteiger partial charge in [-0.3, -0.25) is 9.69 Å². The average Bonchev–Trinajstić information content (AvgIpc) is 3.04. The monoisotopic (exact) mass is 320 g/mol. The lowest BCUT2D eigenvalue weighted by Gasteiger charge is -2.31. The van der Waals surface area contributed by atoms with Gasteiger partial charge in [0.15, 0.2) is 0 Å². The van der Waals surface area contributed by atoms with E-state index in [2.05, 4.69) is 20.1 Å². The van der Waals surface area contributed by atoms with Crippen molar-refractivity contribution in [3.63, 3.8) is 0 Å². The first-order valence-corrected chi connectivity index (χ1v) is 9.17. The van der Waals surface area contributed by atoms with Gasteiger partial charge >= 0.3 is 0 Å². The summed E-state index contributed by atoms with van der Waals surface area (Å²) in [6.07, 6.45) is 2.81. The Morgan fingerprint density at radius 1 is 1.36 bits per heavy atom. The van der Waals surface area contributed by atoms with Crippen molar-refractivity contribution in [3.05, 3.63) is 24.4 Å². The van der Waals surface area contributed by atoms with E-state index in [1.54, 1.807) is 0 Å². The van der Waals surface area contributed by atoms with Gasteiger partial charge < -0.3 is 10.2 Å². The van der Waals surface area contributed by atoms with Crippen molar-refractivity contribution in [1.82, 2.24) is 15.2 Å². The van der Waals surface area contributed by atoms with E-state index in [0.717, 1.165) is 49.9 Å². The summed E-state index contributed by atoms with van der Waals surface area (Å²) >= 11 is 1.97. The molecule has 0 aromatic carbocycles. The van der Waals surface area contributed by atoms with Crippen molar-refractivity contribution in [2.24, 2.45) is 0 Å². The Bertz CT molecular complexity index is 492. The quantitative estimate of drug-likeness (QED) is 0.904. The molecule has 3 rings (SSSR count). The third-order valence-corrected chi connectivity index (χ3v) is 5.42. The second kappa shape index (κ2) is 7.33. The maximum atomic E-state index is 12.4. The molecule has 2 aliphatic rings. The summed E-state index contributed by atoms with van der Waals surface area (Å²) in [6, 6.07) is 6.17. The fraction of sp³-hybridized carbons (Fsp3) is 0.625. The highest BCUT2D eigenvalue weighted by Gasteiger charge is 2.28. The van der Waals surface area contributed by atoms with Crippen molar-refractivity contribution in [2.75, 3.05) is 42.6 Å². The van der Waals surface area contributed by atoms with Gasteiger partial charge in [0.05, 0.1) is 6.04 Å². The van der Waals surface area contributed by atoms with E-state index in [4.69, 9.17) is 0 Å². The molecule has 0 saturated carbocycles. The second-order valence-electron chi connectivity index (χ2n) is 5.95. The number of nitrogens with one attached hydrogen (secondary N) is 1. The van der Waals surface area contributed by atoms with Crippen LogP contribution in [0.1, 0.15) is 13.3 Å². The Balaban J connectivity index is 1.50. The second-order valence-corrected chi connectivity index (χ2v) is 7.18. The van der Waals surface area contributed by atoms with E-state index in [9.17, 15) is 4.79 Å². The zero-order valence-electron chi connectivity index (χ0n) is 13.1. The Kier molecular flexibility index (Phi) is 5.20. The summed E-state index contributed by atoms with van der Waals surface area (Å²) < 4.78 is 0. The predicted octanol–water partition coefficient (Wildman–Crippen LogP) is 1.21. The van der Waals surface area contributed by atoms with Crippen molar-refractivity contribution in [3.8, 4) is 0 Å². The van der Waals surface area contributed by atoms with Gasteiger partial charge in [-0.05, 0) is 25.5 Å². The average molecular weight is 320 g/mol. The maximum absolute atomic E-state index is 12.4. The van der Waals surface area contributed by atoms with Gasteiger partial charge in [0.1, 0.15) is 5.82 Å². The summed E-state index contributed by atoms with van der Waals surface area (Å²) in [6.45, 7) is 5.87. The summed E-state index contributed by atoms with van der Waals surface area (Å²) in [5.74, 6) is 3.43. The van der Waals surface area contributed by atoms with Crippen LogP contribution in [0.3, 0.4) is 0 Å². The molecule has 120 valence electrons. The molecule has 6 heteroatoms. The van der Waals surface area contributed by atoms with Crippen LogP contribution in [-0.4, -0.2) is 65.6 Å². The van der Waals surface area contributed by atoms with E-state index in [1.165, 1.54) is 0 Å². The van der Waals surface area contributed by atoms with Crippen LogP contribution < -0.4 is 10.2 Å². The largest absolute Gasteiger partial charge is 0.354 e. The van der Waals surface area contributed by atoms with Crippen LogP contribution in [0.25, 0.3) is 0 Å². The highest BCUT2D eigenvalue weighted by molar-refractivity contribution is 7.99. The molecule has 1 amide bonds. The first-order valence-electron chi connectivity index (χ1n) is 8.02. The molecule has 1 N–H and O–H groups in total. The van der Waals surface area contributed by atoms with Crippen molar-refractivity contribution >= 4 is 23.5 Å².